The molecule has 1 fully saturated rings. The number of halogens is 1. The van der Waals surface area contributed by atoms with E-state index in [0.29, 0.717) is 13.1 Å². The molecule has 0 spiro atoms. The van der Waals surface area contributed by atoms with E-state index in [1.165, 1.54) is 12.0 Å². The van der Waals surface area contributed by atoms with Crippen molar-refractivity contribution in [2.45, 2.75) is 38.3 Å². The molecule has 0 unspecified atom stereocenters. The molecule has 2 aromatic rings. The van der Waals surface area contributed by atoms with Crippen molar-refractivity contribution in [3.63, 3.8) is 0 Å². The Morgan fingerprint density at radius 3 is 2.50 bits per heavy atom. The molecule has 24 heavy (non-hydrogen) atoms. The molecule has 1 aliphatic carbocycles. The molecule has 1 saturated carbocycles. The minimum atomic E-state index is -0.0949. The zero-order valence-corrected chi connectivity index (χ0v) is 14.9. The van der Waals surface area contributed by atoms with E-state index in [9.17, 15) is 4.79 Å². The summed E-state index contributed by atoms with van der Waals surface area (Å²) in [5, 5.41) is 4.21. The lowest BCUT2D eigenvalue weighted by atomic mass is 9.72. The maximum Gasteiger partial charge on any atom is 0.236 e. The third-order valence-corrected chi connectivity index (χ3v) is 5.05. The smallest absolute Gasteiger partial charge is 0.236 e. The molecule has 0 saturated heterocycles. The van der Waals surface area contributed by atoms with Gasteiger partial charge in [-0.05, 0) is 56.0 Å². The molecule has 128 valence electrons. The van der Waals surface area contributed by atoms with E-state index in [0.717, 1.165) is 29.4 Å². The first kappa shape index (κ1) is 17.1. The van der Waals surface area contributed by atoms with Crippen LogP contribution in [0.4, 0.5) is 0 Å². The standard InChI is InChI=1S/C19H23ClN2O2/c1-14-4-9-17(24-14)13-22(2)18(23)12-21-19(10-3-11-19)15-5-7-16(20)8-6-15/h4-9,21H,3,10-13H2,1-2H3. The quantitative estimate of drug-likeness (QED) is 0.863. The first-order valence-corrected chi connectivity index (χ1v) is 8.67. The molecule has 1 amide bonds. The Morgan fingerprint density at radius 2 is 1.96 bits per heavy atom. The van der Waals surface area contributed by atoms with E-state index in [2.05, 4.69) is 5.32 Å². The SMILES string of the molecule is Cc1ccc(CN(C)C(=O)CNC2(c3ccc(Cl)cc3)CCC2)o1. The van der Waals surface area contributed by atoms with E-state index in [1.807, 2.05) is 43.3 Å². The summed E-state index contributed by atoms with van der Waals surface area (Å²) >= 11 is 5.98. The average Bonchev–Trinajstić information content (AvgIpc) is 2.92. The van der Waals surface area contributed by atoms with E-state index < -0.39 is 0 Å². The maximum atomic E-state index is 12.4. The lowest BCUT2D eigenvalue weighted by molar-refractivity contribution is -0.130. The van der Waals surface area contributed by atoms with Crippen molar-refractivity contribution < 1.29 is 9.21 Å². The first-order valence-electron chi connectivity index (χ1n) is 8.29. The van der Waals surface area contributed by atoms with Crippen molar-refractivity contribution in [1.82, 2.24) is 10.2 Å². The van der Waals surface area contributed by atoms with Gasteiger partial charge in [-0.15, -0.1) is 0 Å². The molecule has 1 N–H and O–H groups in total. The number of benzene rings is 1. The summed E-state index contributed by atoms with van der Waals surface area (Å²) in [6.07, 6.45) is 3.26. The molecule has 4 nitrogen and oxygen atoms in total. The maximum absolute atomic E-state index is 12.4. The number of furan rings is 1. The van der Waals surface area contributed by atoms with Crippen molar-refractivity contribution in [3.05, 3.63) is 58.5 Å². The number of carbonyl (C=O) groups excluding carboxylic acids is 1. The van der Waals surface area contributed by atoms with Crippen molar-refractivity contribution >= 4 is 17.5 Å². The summed E-state index contributed by atoms with van der Waals surface area (Å²) in [6.45, 7) is 2.71. The van der Waals surface area contributed by atoms with Gasteiger partial charge >= 0.3 is 0 Å². The highest BCUT2D eigenvalue weighted by molar-refractivity contribution is 6.30. The number of aryl methyl sites for hydroxylation is 1. The van der Waals surface area contributed by atoms with Crippen molar-refractivity contribution in [2.24, 2.45) is 0 Å². The summed E-state index contributed by atoms with van der Waals surface area (Å²) in [5.41, 5.74) is 1.11. The van der Waals surface area contributed by atoms with Crippen LogP contribution in [0.25, 0.3) is 0 Å². The molecule has 0 radical (unpaired) electrons. The molecule has 5 heteroatoms. The van der Waals surface area contributed by atoms with Gasteiger partial charge in [-0.25, -0.2) is 0 Å². The summed E-state index contributed by atoms with van der Waals surface area (Å²) in [6, 6.07) is 11.7. The number of nitrogens with zero attached hydrogens (tertiary/aromatic N) is 1. The van der Waals surface area contributed by atoms with Crippen molar-refractivity contribution in [1.29, 1.82) is 0 Å². The molecule has 1 aromatic carbocycles. The third-order valence-electron chi connectivity index (χ3n) is 4.80. The number of nitrogens with one attached hydrogen (secondary N) is 1. The van der Waals surface area contributed by atoms with Gasteiger partial charge in [0.15, 0.2) is 0 Å². The number of amides is 1. The molecular formula is C19H23ClN2O2. The fourth-order valence-electron chi connectivity index (χ4n) is 3.14. The number of carbonyl (C=O) groups is 1. The Kier molecular flexibility index (Phi) is 4.97. The number of rotatable bonds is 6. The van der Waals surface area contributed by atoms with E-state index >= 15 is 0 Å². The van der Waals surface area contributed by atoms with Gasteiger partial charge < -0.3 is 9.32 Å². The van der Waals surface area contributed by atoms with Crippen LogP contribution in [0.2, 0.25) is 5.02 Å². The van der Waals surface area contributed by atoms with Crippen LogP contribution < -0.4 is 5.32 Å². The number of hydrogen-bond donors (Lipinski definition) is 1. The highest BCUT2D eigenvalue weighted by Crippen LogP contribution is 2.41. The highest BCUT2D eigenvalue weighted by atomic mass is 35.5. The first-order chi connectivity index (χ1) is 11.5. The Morgan fingerprint density at radius 1 is 1.25 bits per heavy atom. The minimum absolute atomic E-state index is 0.0595. The van der Waals surface area contributed by atoms with Gasteiger partial charge in [-0.2, -0.15) is 0 Å². The Labute approximate surface area is 147 Å². The molecule has 3 rings (SSSR count). The second kappa shape index (κ2) is 6.99. The second-order valence-corrected chi connectivity index (χ2v) is 6.99. The third kappa shape index (κ3) is 3.65. The van der Waals surface area contributed by atoms with Gasteiger partial charge in [0.25, 0.3) is 0 Å². The zero-order valence-electron chi connectivity index (χ0n) is 14.1. The fourth-order valence-corrected chi connectivity index (χ4v) is 3.26. The lowest BCUT2D eigenvalue weighted by Crippen LogP contribution is -2.51. The van der Waals surface area contributed by atoms with Gasteiger partial charge in [-0.3, -0.25) is 10.1 Å². The van der Waals surface area contributed by atoms with E-state index in [4.69, 9.17) is 16.0 Å². The Balaban J connectivity index is 1.59. The van der Waals surface area contributed by atoms with Gasteiger partial charge in [0.05, 0.1) is 13.1 Å². The molecule has 0 atom stereocenters. The van der Waals surface area contributed by atoms with Crippen LogP contribution in [0, 0.1) is 6.92 Å². The van der Waals surface area contributed by atoms with E-state index in [-0.39, 0.29) is 11.4 Å². The number of hydrogen-bond acceptors (Lipinski definition) is 3. The second-order valence-electron chi connectivity index (χ2n) is 6.56. The van der Waals surface area contributed by atoms with Crippen LogP contribution >= 0.6 is 11.6 Å². The predicted octanol–water partition coefficient (Wildman–Crippen LogP) is 3.87. The van der Waals surface area contributed by atoms with Gasteiger partial charge in [-0.1, -0.05) is 23.7 Å². The normalized spacial score (nSPS) is 15.8. The molecule has 0 aliphatic heterocycles. The van der Waals surface area contributed by atoms with Gasteiger partial charge in [0.1, 0.15) is 11.5 Å². The predicted molar refractivity (Wildman–Crippen MR) is 94.9 cm³/mol. The monoisotopic (exact) mass is 346 g/mol. The average molecular weight is 347 g/mol. The zero-order chi connectivity index (χ0) is 17.2. The molecule has 1 aromatic heterocycles. The van der Waals surface area contributed by atoms with Crippen LogP contribution in [-0.4, -0.2) is 24.4 Å². The highest BCUT2D eigenvalue weighted by Gasteiger charge is 2.38. The largest absolute Gasteiger partial charge is 0.464 e. The minimum Gasteiger partial charge on any atom is -0.464 e. The van der Waals surface area contributed by atoms with Crippen LogP contribution in [0.1, 0.15) is 36.3 Å². The molecule has 1 heterocycles. The number of likely N-dealkylation sites (N-methyl/N-ethyl adjacent to an activating group) is 1. The molecule has 1 aliphatic rings. The summed E-state index contributed by atoms with van der Waals surface area (Å²) < 4.78 is 5.54. The van der Waals surface area contributed by atoms with Gasteiger partial charge in [0, 0.05) is 17.6 Å². The van der Waals surface area contributed by atoms with Crippen LogP contribution in [0.5, 0.6) is 0 Å². The molecule has 0 bridgehead atoms. The lowest BCUT2D eigenvalue weighted by Gasteiger charge is -2.43. The van der Waals surface area contributed by atoms with Crippen molar-refractivity contribution in [3.8, 4) is 0 Å². The van der Waals surface area contributed by atoms with Crippen LogP contribution in [-0.2, 0) is 16.9 Å². The van der Waals surface area contributed by atoms with E-state index in [1.54, 1.807) is 11.9 Å². The van der Waals surface area contributed by atoms with Gasteiger partial charge in [0.2, 0.25) is 5.91 Å². The molecular weight excluding hydrogens is 324 g/mol. The van der Waals surface area contributed by atoms with Crippen LogP contribution in [0.15, 0.2) is 40.8 Å². The topological polar surface area (TPSA) is 45.5 Å². The Hall–Kier alpha value is -1.78. The van der Waals surface area contributed by atoms with Crippen LogP contribution in [0.3, 0.4) is 0 Å². The summed E-state index contributed by atoms with van der Waals surface area (Å²) in [5.74, 6) is 1.73. The Bertz CT molecular complexity index is 704. The summed E-state index contributed by atoms with van der Waals surface area (Å²) in [7, 11) is 1.80. The summed E-state index contributed by atoms with van der Waals surface area (Å²) in [4.78, 5) is 14.1. The van der Waals surface area contributed by atoms with Crippen molar-refractivity contribution in [2.75, 3.05) is 13.6 Å². The fraction of sp³-hybridized carbons (Fsp3) is 0.421.